The van der Waals surface area contributed by atoms with E-state index >= 15 is 0 Å². The number of nitrogens with zero attached hydrogens (tertiary/aromatic N) is 2. The van der Waals surface area contributed by atoms with Crippen LogP contribution in [0.2, 0.25) is 0 Å². The van der Waals surface area contributed by atoms with Crippen molar-refractivity contribution in [3.8, 4) is 11.5 Å². The Kier molecular flexibility index (Phi) is 6.61. The quantitative estimate of drug-likeness (QED) is 0.703. The molecule has 8 nitrogen and oxygen atoms in total. The van der Waals surface area contributed by atoms with E-state index in [2.05, 4.69) is 5.32 Å². The molecule has 1 N–H and O–H groups in total. The molecule has 0 aromatic heterocycles. The molecule has 1 aliphatic carbocycles. The van der Waals surface area contributed by atoms with Gasteiger partial charge in [0.1, 0.15) is 0 Å². The summed E-state index contributed by atoms with van der Waals surface area (Å²) in [6.45, 7) is 2.97. The van der Waals surface area contributed by atoms with Crippen LogP contribution in [0.3, 0.4) is 0 Å². The molecule has 1 saturated carbocycles. The van der Waals surface area contributed by atoms with Crippen LogP contribution >= 0.6 is 0 Å². The fourth-order valence-electron chi connectivity index (χ4n) is 4.02. The summed E-state index contributed by atoms with van der Waals surface area (Å²) in [6.07, 6.45) is 4.17. The minimum Gasteiger partial charge on any atom is -0.493 e. The van der Waals surface area contributed by atoms with Gasteiger partial charge in [-0.2, -0.15) is 0 Å². The average molecular weight is 403 g/mol. The molecule has 1 aromatic rings. The topological polar surface area (TPSA) is 88.2 Å². The first kappa shape index (κ1) is 21.0. The van der Waals surface area contributed by atoms with E-state index < -0.39 is 17.7 Å². The summed E-state index contributed by atoms with van der Waals surface area (Å²) in [5.41, 5.74) is 0.577. The molecule has 2 fully saturated rings. The molecular formula is C21H29N3O5. The van der Waals surface area contributed by atoms with E-state index in [1.807, 2.05) is 0 Å². The van der Waals surface area contributed by atoms with Gasteiger partial charge in [0.2, 0.25) is 5.91 Å². The fourth-order valence-corrected chi connectivity index (χ4v) is 4.02. The van der Waals surface area contributed by atoms with Crippen LogP contribution < -0.4 is 14.8 Å². The molecule has 1 aliphatic heterocycles. The molecule has 0 spiro atoms. The molecule has 1 atom stereocenters. The Hall–Kier alpha value is -2.77. The maximum atomic E-state index is 12.6. The number of carbonyl (C=O) groups excluding carboxylic acids is 3. The Balaban J connectivity index is 1.57. The second-order valence-electron chi connectivity index (χ2n) is 7.65. The van der Waals surface area contributed by atoms with Crippen LogP contribution in [0.1, 0.15) is 32.6 Å². The highest BCUT2D eigenvalue weighted by Gasteiger charge is 2.38. The summed E-state index contributed by atoms with van der Waals surface area (Å²) in [4.78, 5) is 40.8. The summed E-state index contributed by atoms with van der Waals surface area (Å²) < 4.78 is 10.4. The summed E-state index contributed by atoms with van der Waals surface area (Å²) >= 11 is 0. The zero-order valence-corrected chi connectivity index (χ0v) is 17.3. The van der Waals surface area contributed by atoms with E-state index in [1.54, 1.807) is 37.1 Å². The zero-order valence-electron chi connectivity index (χ0n) is 17.3. The lowest BCUT2D eigenvalue weighted by molar-refractivity contribution is -0.158. The highest BCUT2D eigenvalue weighted by Crippen LogP contribution is 2.30. The molecule has 1 heterocycles. The number of piperazine rings is 1. The van der Waals surface area contributed by atoms with Gasteiger partial charge in [0.15, 0.2) is 11.5 Å². The van der Waals surface area contributed by atoms with Crippen LogP contribution in [0, 0.1) is 5.92 Å². The van der Waals surface area contributed by atoms with Gasteiger partial charge in [-0.15, -0.1) is 0 Å². The molecule has 1 saturated heterocycles. The van der Waals surface area contributed by atoms with Crippen LogP contribution in [-0.2, 0) is 14.4 Å². The Labute approximate surface area is 171 Å². The number of carbonyl (C=O) groups is 3. The largest absolute Gasteiger partial charge is 0.493 e. The van der Waals surface area contributed by atoms with E-state index in [1.165, 1.54) is 12.0 Å². The van der Waals surface area contributed by atoms with Gasteiger partial charge < -0.3 is 24.6 Å². The summed E-state index contributed by atoms with van der Waals surface area (Å²) in [7, 11) is 3.07. The van der Waals surface area contributed by atoms with Crippen molar-refractivity contribution in [1.82, 2.24) is 9.80 Å². The third-order valence-electron chi connectivity index (χ3n) is 5.70. The highest BCUT2D eigenvalue weighted by atomic mass is 16.5. The van der Waals surface area contributed by atoms with Gasteiger partial charge in [-0.05, 0) is 25.0 Å². The predicted molar refractivity (Wildman–Crippen MR) is 108 cm³/mol. The van der Waals surface area contributed by atoms with Crippen molar-refractivity contribution in [1.29, 1.82) is 0 Å². The van der Waals surface area contributed by atoms with Crippen molar-refractivity contribution < 1.29 is 23.9 Å². The Morgan fingerprint density at radius 3 is 2.45 bits per heavy atom. The average Bonchev–Trinajstić information content (AvgIpc) is 3.25. The van der Waals surface area contributed by atoms with Crippen LogP contribution in [0.5, 0.6) is 11.5 Å². The number of methoxy groups -OCH3 is 2. The fraction of sp³-hybridized carbons (Fsp3) is 0.571. The second kappa shape index (κ2) is 9.15. The smallest absolute Gasteiger partial charge is 0.312 e. The van der Waals surface area contributed by atoms with Gasteiger partial charge in [-0.1, -0.05) is 19.8 Å². The van der Waals surface area contributed by atoms with E-state index in [4.69, 9.17) is 9.47 Å². The number of rotatable bonds is 7. The first-order valence-corrected chi connectivity index (χ1v) is 10.1. The maximum Gasteiger partial charge on any atom is 0.312 e. The molecule has 3 amide bonds. The number of nitrogens with one attached hydrogen (secondary N) is 1. The molecule has 29 heavy (non-hydrogen) atoms. The second-order valence-corrected chi connectivity index (χ2v) is 7.65. The van der Waals surface area contributed by atoms with E-state index in [-0.39, 0.29) is 18.5 Å². The molecule has 8 heteroatoms. The SMILES string of the molecule is COc1ccc(NC(=O)[C@@H](C)CN2CCN(C3CCCC3)C(=O)C2=O)cc1OC. The number of amides is 3. The van der Waals surface area contributed by atoms with Crippen LogP contribution in [0.25, 0.3) is 0 Å². The van der Waals surface area contributed by atoms with Crippen LogP contribution in [0.15, 0.2) is 18.2 Å². The number of hydrogen-bond acceptors (Lipinski definition) is 5. The van der Waals surface area contributed by atoms with E-state index in [0.29, 0.717) is 30.3 Å². The molecule has 1 aromatic carbocycles. The Morgan fingerprint density at radius 2 is 1.79 bits per heavy atom. The molecule has 158 valence electrons. The summed E-state index contributed by atoms with van der Waals surface area (Å²) in [6, 6.07) is 5.31. The predicted octanol–water partition coefficient (Wildman–Crippen LogP) is 1.89. The maximum absolute atomic E-state index is 12.6. The monoisotopic (exact) mass is 403 g/mol. The van der Waals surface area contributed by atoms with E-state index in [0.717, 1.165) is 25.7 Å². The number of ether oxygens (including phenoxy) is 2. The van der Waals surface area contributed by atoms with Gasteiger partial charge >= 0.3 is 11.8 Å². The molecule has 0 bridgehead atoms. The highest BCUT2D eigenvalue weighted by molar-refractivity contribution is 6.35. The lowest BCUT2D eigenvalue weighted by Crippen LogP contribution is -2.57. The number of benzene rings is 1. The zero-order chi connectivity index (χ0) is 21.0. The first-order chi connectivity index (χ1) is 13.9. The Morgan fingerprint density at radius 1 is 1.10 bits per heavy atom. The first-order valence-electron chi connectivity index (χ1n) is 10.1. The lowest BCUT2D eigenvalue weighted by Gasteiger charge is -2.37. The number of anilines is 1. The minimum absolute atomic E-state index is 0.194. The van der Waals surface area contributed by atoms with Gasteiger partial charge in [-0.3, -0.25) is 14.4 Å². The minimum atomic E-state index is -0.506. The van der Waals surface area contributed by atoms with Crippen molar-refractivity contribution in [2.24, 2.45) is 5.92 Å². The van der Waals surface area contributed by atoms with Gasteiger partial charge in [0, 0.05) is 37.4 Å². The van der Waals surface area contributed by atoms with Crippen molar-refractivity contribution in [3.05, 3.63) is 18.2 Å². The van der Waals surface area contributed by atoms with Crippen LogP contribution in [0.4, 0.5) is 5.69 Å². The lowest BCUT2D eigenvalue weighted by atomic mass is 10.1. The molecule has 3 rings (SSSR count). The molecular weight excluding hydrogens is 374 g/mol. The standard InChI is InChI=1S/C21H29N3O5/c1-14(19(25)22-15-8-9-17(28-2)18(12-15)29-3)13-23-10-11-24(21(27)20(23)26)16-6-4-5-7-16/h8-9,12,14,16H,4-7,10-11,13H2,1-3H3,(H,22,25)/t14-/m0/s1. The Bertz CT molecular complexity index is 776. The van der Waals surface area contributed by atoms with E-state index in [9.17, 15) is 14.4 Å². The van der Waals surface area contributed by atoms with Crippen LogP contribution in [-0.4, -0.2) is 67.4 Å². The van der Waals surface area contributed by atoms with Crippen molar-refractivity contribution in [3.63, 3.8) is 0 Å². The summed E-state index contributed by atoms with van der Waals surface area (Å²) in [5, 5.41) is 2.83. The third-order valence-corrected chi connectivity index (χ3v) is 5.70. The molecule has 0 radical (unpaired) electrons. The van der Waals surface area contributed by atoms with Crippen molar-refractivity contribution in [2.45, 2.75) is 38.6 Å². The molecule has 2 aliphatic rings. The van der Waals surface area contributed by atoms with Crippen molar-refractivity contribution in [2.75, 3.05) is 39.2 Å². The summed E-state index contributed by atoms with van der Waals surface area (Å²) in [5.74, 6) is -0.539. The van der Waals surface area contributed by atoms with Crippen molar-refractivity contribution >= 4 is 23.4 Å². The van der Waals surface area contributed by atoms with Gasteiger partial charge in [-0.25, -0.2) is 0 Å². The molecule has 0 unspecified atom stereocenters. The third kappa shape index (κ3) is 4.63. The normalized spacial score (nSPS) is 18.7. The number of hydrogen-bond donors (Lipinski definition) is 1. The van der Waals surface area contributed by atoms with Gasteiger partial charge in [0.25, 0.3) is 0 Å². The van der Waals surface area contributed by atoms with Gasteiger partial charge in [0.05, 0.1) is 20.1 Å².